The van der Waals surface area contributed by atoms with Crippen LogP contribution < -0.4 is 5.32 Å². The summed E-state index contributed by atoms with van der Waals surface area (Å²) in [5.41, 5.74) is -0.168. The molecular weight excluding hydrogens is 324 g/mol. The summed E-state index contributed by atoms with van der Waals surface area (Å²) >= 11 is 3.22. The summed E-state index contributed by atoms with van der Waals surface area (Å²) in [7, 11) is 1.23. The lowest BCUT2D eigenvalue weighted by molar-refractivity contribution is 0.0602. The number of ether oxygens (including phenoxy) is 1. The molecule has 0 aliphatic heterocycles. The summed E-state index contributed by atoms with van der Waals surface area (Å²) < 4.78 is 5.28. The Bertz CT molecular complexity index is 689. The van der Waals surface area contributed by atoms with Crippen LogP contribution in [-0.2, 0) is 4.74 Å². The molecule has 0 aliphatic rings. The number of carbonyl (C=O) groups excluding carboxylic acids is 1. The number of methoxy groups -OCH3 is 1. The van der Waals surface area contributed by atoms with Gasteiger partial charge in [0.1, 0.15) is 23.9 Å². The smallest absolute Gasteiger partial charge is 0.340 e. The van der Waals surface area contributed by atoms with Crippen LogP contribution in [0.4, 0.5) is 5.69 Å². The minimum atomic E-state index is -0.610. The van der Waals surface area contributed by atoms with E-state index in [0.29, 0.717) is 4.47 Å². The standard InChI is InChI=1S/C13H7BrN4O2/c1-20-13(19)10-4-9(14)2-3-11(10)18-12(7-17)8(5-15)6-16/h2-4,18H,1H3. The van der Waals surface area contributed by atoms with E-state index in [0.717, 1.165) is 0 Å². The number of hydrogen-bond acceptors (Lipinski definition) is 6. The van der Waals surface area contributed by atoms with E-state index < -0.39 is 5.97 Å². The number of hydrogen-bond donors (Lipinski definition) is 1. The van der Waals surface area contributed by atoms with E-state index in [1.165, 1.54) is 19.2 Å². The van der Waals surface area contributed by atoms with E-state index in [4.69, 9.17) is 15.8 Å². The largest absolute Gasteiger partial charge is 0.465 e. The van der Waals surface area contributed by atoms with Gasteiger partial charge in [-0.05, 0) is 18.2 Å². The van der Waals surface area contributed by atoms with E-state index in [1.807, 2.05) is 0 Å². The number of allylic oxidation sites excluding steroid dienone is 2. The van der Waals surface area contributed by atoms with Gasteiger partial charge >= 0.3 is 5.97 Å². The number of nitriles is 3. The third-order valence-electron chi connectivity index (χ3n) is 2.23. The zero-order valence-electron chi connectivity index (χ0n) is 10.3. The zero-order chi connectivity index (χ0) is 15.1. The summed E-state index contributed by atoms with van der Waals surface area (Å²) in [4.78, 5) is 11.7. The minimum absolute atomic E-state index is 0.171. The molecule has 0 heterocycles. The second-order valence-electron chi connectivity index (χ2n) is 3.39. The summed E-state index contributed by atoms with van der Waals surface area (Å²) in [5.74, 6) is -0.610. The van der Waals surface area contributed by atoms with Crippen molar-refractivity contribution in [2.45, 2.75) is 0 Å². The van der Waals surface area contributed by atoms with Gasteiger partial charge in [-0.15, -0.1) is 0 Å². The van der Waals surface area contributed by atoms with Gasteiger partial charge in [-0.2, -0.15) is 15.8 Å². The van der Waals surface area contributed by atoms with Gasteiger partial charge in [0.05, 0.1) is 18.4 Å². The van der Waals surface area contributed by atoms with Gasteiger partial charge < -0.3 is 10.1 Å². The third kappa shape index (κ3) is 3.35. The molecule has 0 atom stereocenters. The van der Waals surface area contributed by atoms with Gasteiger partial charge in [0.2, 0.25) is 0 Å². The lowest BCUT2D eigenvalue weighted by Gasteiger charge is -2.10. The first-order chi connectivity index (χ1) is 9.57. The summed E-state index contributed by atoms with van der Waals surface area (Å²) in [6.07, 6.45) is 0. The molecule has 20 heavy (non-hydrogen) atoms. The average Bonchev–Trinajstić information content (AvgIpc) is 2.47. The minimum Gasteiger partial charge on any atom is -0.465 e. The Balaban J connectivity index is 3.34. The van der Waals surface area contributed by atoms with Crippen molar-refractivity contribution in [3.63, 3.8) is 0 Å². The summed E-state index contributed by atoms with van der Waals surface area (Å²) in [5, 5.41) is 29.1. The summed E-state index contributed by atoms with van der Waals surface area (Å²) in [6.45, 7) is 0. The Labute approximate surface area is 123 Å². The highest BCUT2D eigenvalue weighted by molar-refractivity contribution is 9.10. The second kappa shape index (κ2) is 6.94. The Hall–Kier alpha value is -2.82. The number of anilines is 1. The molecule has 1 aromatic carbocycles. The Morgan fingerprint density at radius 3 is 2.40 bits per heavy atom. The van der Waals surface area contributed by atoms with Crippen molar-refractivity contribution in [1.82, 2.24) is 0 Å². The molecule has 0 aromatic heterocycles. The van der Waals surface area contributed by atoms with Crippen molar-refractivity contribution in [3.05, 3.63) is 39.5 Å². The molecule has 0 saturated heterocycles. The maximum Gasteiger partial charge on any atom is 0.340 e. The Morgan fingerprint density at radius 2 is 1.90 bits per heavy atom. The SMILES string of the molecule is COC(=O)c1cc(Br)ccc1NC(C#N)=C(C#N)C#N. The molecule has 0 fully saturated rings. The van der Waals surface area contributed by atoms with Gasteiger partial charge in [0.25, 0.3) is 0 Å². The highest BCUT2D eigenvalue weighted by Gasteiger charge is 2.15. The van der Waals surface area contributed by atoms with Crippen LogP contribution >= 0.6 is 15.9 Å². The molecule has 0 unspecified atom stereocenters. The molecule has 1 N–H and O–H groups in total. The van der Waals surface area contributed by atoms with Gasteiger partial charge in [0.15, 0.2) is 5.57 Å². The molecule has 1 aromatic rings. The van der Waals surface area contributed by atoms with Crippen LogP contribution in [0.1, 0.15) is 10.4 Å². The molecule has 1 rings (SSSR count). The molecule has 0 radical (unpaired) electrons. The number of carbonyl (C=O) groups is 1. The van der Waals surface area contributed by atoms with Crippen molar-refractivity contribution >= 4 is 27.6 Å². The maximum atomic E-state index is 11.7. The first-order valence-electron chi connectivity index (χ1n) is 5.16. The number of nitrogens with zero attached hydrogens (tertiary/aromatic N) is 3. The van der Waals surface area contributed by atoms with Crippen molar-refractivity contribution in [2.75, 3.05) is 12.4 Å². The number of benzene rings is 1. The van der Waals surface area contributed by atoms with Gasteiger partial charge in [0, 0.05) is 4.47 Å². The van der Waals surface area contributed by atoms with Crippen LogP contribution in [0.5, 0.6) is 0 Å². The fourth-order valence-corrected chi connectivity index (χ4v) is 1.68. The van der Waals surface area contributed by atoms with Crippen LogP contribution in [0.15, 0.2) is 33.9 Å². The number of esters is 1. The van der Waals surface area contributed by atoms with Crippen molar-refractivity contribution in [1.29, 1.82) is 15.8 Å². The molecule has 0 aliphatic carbocycles. The fourth-order valence-electron chi connectivity index (χ4n) is 1.32. The van der Waals surface area contributed by atoms with Gasteiger partial charge in [-0.3, -0.25) is 0 Å². The predicted molar refractivity (Wildman–Crippen MR) is 73.0 cm³/mol. The first kappa shape index (κ1) is 15.2. The van der Waals surface area contributed by atoms with E-state index in [2.05, 4.69) is 26.0 Å². The van der Waals surface area contributed by atoms with Crippen molar-refractivity contribution in [2.24, 2.45) is 0 Å². The number of halogens is 1. The Morgan fingerprint density at radius 1 is 1.25 bits per heavy atom. The second-order valence-corrected chi connectivity index (χ2v) is 4.31. The lowest BCUT2D eigenvalue weighted by atomic mass is 10.1. The molecule has 7 heteroatoms. The quantitative estimate of drug-likeness (QED) is 0.673. The van der Waals surface area contributed by atoms with E-state index >= 15 is 0 Å². The van der Waals surface area contributed by atoms with Crippen LogP contribution in [-0.4, -0.2) is 13.1 Å². The monoisotopic (exact) mass is 330 g/mol. The lowest BCUT2D eigenvalue weighted by Crippen LogP contribution is -2.08. The molecule has 0 amide bonds. The molecule has 98 valence electrons. The molecule has 0 bridgehead atoms. The van der Waals surface area contributed by atoms with Gasteiger partial charge in [-0.1, -0.05) is 15.9 Å². The van der Waals surface area contributed by atoms with E-state index in [-0.39, 0.29) is 22.5 Å². The number of nitrogens with one attached hydrogen (secondary N) is 1. The van der Waals surface area contributed by atoms with Crippen LogP contribution in [0.2, 0.25) is 0 Å². The normalized spacial score (nSPS) is 8.55. The van der Waals surface area contributed by atoms with Gasteiger partial charge in [-0.25, -0.2) is 4.79 Å². The highest BCUT2D eigenvalue weighted by Crippen LogP contribution is 2.23. The molecular formula is C13H7BrN4O2. The van der Waals surface area contributed by atoms with E-state index in [1.54, 1.807) is 24.3 Å². The van der Waals surface area contributed by atoms with Crippen LogP contribution in [0.25, 0.3) is 0 Å². The third-order valence-corrected chi connectivity index (χ3v) is 2.73. The van der Waals surface area contributed by atoms with Crippen LogP contribution in [0.3, 0.4) is 0 Å². The molecule has 0 spiro atoms. The first-order valence-corrected chi connectivity index (χ1v) is 5.96. The van der Waals surface area contributed by atoms with Crippen molar-refractivity contribution < 1.29 is 9.53 Å². The van der Waals surface area contributed by atoms with Crippen LogP contribution in [0, 0.1) is 34.0 Å². The Kier molecular flexibility index (Phi) is 5.29. The zero-order valence-corrected chi connectivity index (χ0v) is 11.9. The maximum absolute atomic E-state index is 11.7. The fraction of sp³-hybridized carbons (Fsp3) is 0.0769. The highest BCUT2D eigenvalue weighted by atomic mass is 79.9. The number of rotatable bonds is 3. The summed E-state index contributed by atoms with van der Waals surface area (Å²) in [6, 6.07) is 9.59. The topological polar surface area (TPSA) is 110 Å². The predicted octanol–water partition coefficient (Wildman–Crippen LogP) is 2.47. The van der Waals surface area contributed by atoms with E-state index in [9.17, 15) is 4.79 Å². The van der Waals surface area contributed by atoms with Crippen molar-refractivity contribution in [3.8, 4) is 18.2 Å². The average molecular weight is 331 g/mol. The molecule has 6 nitrogen and oxygen atoms in total. The molecule has 0 saturated carbocycles.